The first-order valence-electron chi connectivity index (χ1n) is 14.4. The summed E-state index contributed by atoms with van der Waals surface area (Å²) < 4.78 is 0. The molecule has 38 heavy (non-hydrogen) atoms. The fourth-order valence-electron chi connectivity index (χ4n) is 3.42. The summed E-state index contributed by atoms with van der Waals surface area (Å²) in [5.74, 6) is -0.145. The van der Waals surface area contributed by atoms with Crippen LogP contribution in [0.2, 0.25) is 0 Å². The van der Waals surface area contributed by atoms with Crippen molar-refractivity contribution in [3.8, 4) is 0 Å². The lowest BCUT2D eigenvalue weighted by atomic mass is 10.1. The van der Waals surface area contributed by atoms with Crippen molar-refractivity contribution in [1.29, 1.82) is 0 Å². The van der Waals surface area contributed by atoms with E-state index in [2.05, 4.69) is 97.3 Å². The second kappa shape index (κ2) is 28.9. The van der Waals surface area contributed by atoms with Gasteiger partial charge in [0.2, 0.25) is 5.91 Å². The number of hydrogen-bond donors (Lipinski definition) is 3. The molecule has 0 fully saturated rings. The standard InChI is InChI=1S/C34H53NO3/c1-3-5-7-9-11-13-14-15-16-17-18-19-20-22-24-26-28-30-34(38)35-32(31-36)33(37)29-27-25-23-21-12-10-8-6-4-2/h4-7,11-13,15-16,18-19,21-22,24,27,29,32-33,36-37H,3,8-10,14,17,20,23,25-26,28,30-31H2,1-2H3,(H,35,38)/b6-4+,7-5-,13-11-,16-15-,19-18-,21-12+,24-22-,29-27+. The van der Waals surface area contributed by atoms with Crippen LogP contribution in [0.5, 0.6) is 0 Å². The Kier molecular flexibility index (Phi) is 26.8. The predicted molar refractivity (Wildman–Crippen MR) is 165 cm³/mol. The van der Waals surface area contributed by atoms with E-state index in [0.29, 0.717) is 6.42 Å². The third-order valence-electron chi connectivity index (χ3n) is 5.62. The van der Waals surface area contributed by atoms with Gasteiger partial charge in [-0.05, 0) is 77.6 Å². The van der Waals surface area contributed by atoms with Crippen molar-refractivity contribution < 1.29 is 15.0 Å². The van der Waals surface area contributed by atoms with Gasteiger partial charge >= 0.3 is 0 Å². The summed E-state index contributed by atoms with van der Waals surface area (Å²) >= 11 is 0. The predicted octanol–water partition coefficient (Wildman–Crippen LogP) is 8.00. The first-order chi connectivity index (χ1) is 18.7. The third kappa shape index (κ3) is 25.0. The van der Waals surface area contributed by atoms with Crippen molar-refractivity contribution in [3.05, 3.63) is 97.2 Å². The van der Waals surface area contributed by atoms with Gasteiger partial charge in [0.25, 0.3) is 0 Å². The van der Waals surface area contributed by atoms with Gasteiger partial charge in [-0.2, -0.15) is 0 Å². The van der Waals surface area contributed by atoms with Crippen LogP contribution in [0.15, 0.2) is 97.2 Å². The number of unbranched alkanes of at least 4 members (excludes halogenated alkanes) is 3. The van der Waals surface area contributed by atoms with E-state index in [1.807, 2.05) is 13.0 Å². The third-order valence-corrected chi connectivity index (χ3v) is 5.62. The van der Waals surface area contributed by atoms with Crippen molar-refractivity contribution in [1.82, 2.24) is 5.32 Å². The molecule has 0 saturated heterocycles. The topological polar surface area (TPSA) is 69.6 Å². The van der Waals surface area contributed by atoms with Crippen LogP contribution in [0.3, 0.4) is 0 Å². The number of hydrogen-bond acceptors (Lipinski definition) is 3. The zero-order valence-corrected chi connectivity index (χ0v) is 23.9. The van der Waals surface area contributed by atoms with E-state index in [-0.39, 0.29) is 12.5 Å². The highest BCUT2D eigenvalue weighted by Gasteiger charge is 2.17. The average molecular weight is 524 g/mol. The van der Waals surface area contributed by atoms with E-state index in [1.165, 1.54) is 0 Å². The number of carbonyl (C=O) groups excluding carboxylic acids is 1. The molecule has 4 heteroatoms. The summed E-state index contributed by atoms with van der Waals surface area (Å²) in [6.45, 7) is 3.87. The number of nitrogens with one attached hydrogen (secondary N) is 1. The Hall–Kier alpha value is -2.69. The van der Waals surface area contributed by atoms with Crippen LogP contribution in [0.1, 0.15) is 90.9 Å². The molecule has 0 aromatic carbocycles. The maximum absolute atomic E-state index is 12.2. The maximum atomic E-state index is 12.2. The maximum Gasteiger partial charge on any atom is 0.220 e. The molecule has 212 valence electrons. The van der Waals surface area contributed by atoms with E-state index in [1.54, 1.807) is 6.08 Å². The van der Waals surface area contributed by atoms with E-state index in [4.69, 9.17) is 0 Å². The van der Waals surface area contributed by atoms with Gasteiger partial charge in [0, 0.05) is 6.42 Å². The van der Waals surface area contributed by atoms with Crippen molar-refractivity contribution in [3.63, 3.8) is 0 Å². The summed E-state index contributed by atoms with van der Waals surface area (Å²) in [5.41, 5.74) is 0. The average Bonchev–Trinajstić information content (AvgIpc) is 2.92. The molecule has 0 aromatic rings. The van der Waals surface area contributed by atoms with Crippen molar-refractivity contribution in [2.45, 2.75) is 103 Å². The number of allylic oxidation sites excluding steroid dienone is 15. The van der Waals surface area contributed by atoms with Crippen LogP contribution < -0.4 is 5.32 Å². The highest BCUT2D eigenvalue weighted by atomic mass is 16.3. The monoisotopic (exact) mass is 523 g/mol. The number of aliphatic hydroxyl groups is 2. The normalized spacial score (nSPS) is 14.7. The number of aliphatic hydroxyl groups excluding tert-OH is 2. The second-order valence-corrected chi connectivity index (χ2v) is 9.07. The lowest BCUT2D eigenvalue weighted by molar-refractivity contribution is -0.122. The van der Waals surface area contributed by atoms with E-state index in [9.17, 15) is 15.0 Å². The molecular formula is C34H53NO3. The lowest BCUT2D eigenvalue weighted by Gasteiger charge is -2.19. The Balaban J connectivity index is 3.92. The molecular weight excluding hydrogens is 470 g/mol. The van der Waals surface area contributed by atoms with Gasteiger partial charge in [-0.1, -0.05) is 104 Å². The zero-order chi connectivity index (χ0) is 27.9. The van der Waals surface area contributed by atoms with Crippen LogP contribution in [-0.2, 0) is 4.79 Å². The molecule has 4 nitrogen and oxygen atoms in total. The molecule has 0 saturated carbocycles. The smallest absolute Gasteiger partial charge is 0.220 e. The van der Waals surface area contributed by atoms with Gasteiger partial charge in [0.15, 0.2) is 0 Å². The summed E-state index contributed by atoms with van der Waals surface area (Å²) in [5, 5.41) is 22.6. The van der Waals surface area contributed by atoms with Crippen molar-refractivity contribution >= 4 is 5.91 Å². The Morgan fingerprint density at radius 3 is 1.68 bits per heavy atom. The summed E-state index contributed by atoms with van der Waals surface area (Å²) in [6, 6.07) is -0.677. The number of carbonyl (C=O) groups is 1. The SMILES string of the molecule is C/C=C/CC/C=C/CC/C=C/C(O)C(CO)NC(=O)CCC/C=C\C/C=C\C/C=C\C/C=C\C/C=C\CC. The summed E-state index contributed by atoms with van der Waals surface area (Å²) in [4.78, 5) is 12.2. The fourth-order valence-corrected chi connectivity index (χ4v) is 3.42. The molecule has 0 radical (unpaired) electrons. The molecule has 0 aromatic heterocycles. The molecule has 0 aliphatic carbocycles. The first kappa shape index (κ1) is 35.3. The summed E-state index contributed by atoms with van der Waals surface area (Å²) in [7, 11) is 0. The minimum atomic E-state index is -0.895. The van der Waals surface area contributed by atoms with Gasteiger partial charge in [-0.25, -0.2) is 0 Å². The molecule has 0 heterocycles. The summed E-state index contributed by atoms with van der Waals surface area (Å²) in [6.07, 6.45) is 43.5. The molecule has 1 amide bonds. The van der Waals surface area contributed by atoms with Crippen LogP contribution in [0.25, 0.3) is 0 Å². The highest BCUT2D eigenvalue weighted by molar-refractivity contribution is 5.76. The quantitative estimate of drug-likeness (QED) is 0.0939. The molecule has 0 aliphatic rings. The minimum absolute atomic E-state index is 0.145. The van der Waals surface area contributed by atoms with Crippen LogP contribution in [-0.4, -0.2) is 34.9 Å². The fraction of sp³-hybridized carbons (Fsp3) is 0.500. The van der Waals surface area contributed by atoms with Crippen LogP contribution in [0.4, 0.5) is 0 Å². The van der Waals surface area contributed by atoms with Gasteiger partial charge in [-0.15, -0.1) is 0 Å². The number of rotatable bonds is 23. The number of amides is 1. The van der Waals surface area contributed by atoms with Crippen LogP contribution >= 0.6 is 0 Å². The van der Waals surface area contributed by atoms with Gasteiger partial charge in [-0.3, -0.25) is 4.79 Å². The van der Waals surface area contributed by atoms with E-state index >= 15 is 0 Å². The lowest BCUT2D eigenvalue weighted by Crippen LogP contribution is -2.45. The Morgan fingerprint density at radius 2 is 1.16 bits per heavy atom. The second-order valence-electron chi connectivity index (χ2n) is 9.07. The molecule has 3 N–H and O–H groups in total. The molecule has 0 spiro atoms. The first-order valence-corrected chi connectivity index (χ1v) is 14.4. The Bertz CT molecular complexity index is 784. The Morgan fingerprint density at radius 1 is 0.684 bits per heavy atom. The van der Waals surface area contributed by atoms with Crippen molar-refractivity contribution in [2.24, 2.45) is 0 Å². The molecule has 0 aliphatic heterocycles. The van der Waals surface area contributed by atoms with Gasteiger partial charge in [0.05, 0.1) is 18.8 Å². The zero-order valence-electron chi connectivity index (χ0n) is 23.9. The minimum Gasteiger partial charge on any atom is -0.394 e. The molecule has 0 rings (SSSR count). The Labute approximate surface area is 233 Å². The van der Waals surface area contributed by atoms with Gasteiger partial charge < -0.3 is 15.5 Å². The molecule has 0 bridgehead atoms. The molecule has 2 unspecified atom stereocenters. The van der Waals surface area contributed by atoms with E-state index in [0.717, 1.165) is 70.6 Å². The van der Waals surface area contributed by atoms with E-state index < -0.39 is 12.1 Å². The van der Waals surface area contributed by atoms with Crippen molar-refractivity contribution in [2.75, 3.05) is 6.61 Å². The van der Waals surface area contributed by atoms with Crippen LogP contribution in [0, 0.1) is 0 Å². The highest BCUT2D eigenvalue weighted by Crippen LogP contribution is 2.04. The molecule has 2 atom stereocenters. The largest absolute Gasteiger partial charge is 0.394 e. The van der Waals surface area contributed by atoms with Gasteiger partial charge in [0.1, 0.15) is 0 Å².